The van der Waals surface area contributed by atoms with Gasteiger partial charge in [-0.15, -0.1) is 0 Å². The molecule has 2 aromatic rings. The molecule has 0 N–H and O–H groups in total. The fourth-order valence-electron chi connectivity index (χ4n) is 1.90. The van der Waals surface area contributed by atoms with Gasteiger partial charge >= 0.3 is 0 Å². The van der Waals surface area contributed by atoms with Crippen molar-refractivity contribution in [2.24, 2.45) is 0 Å². The van der Waals surface area contributed by atoms with Crippen LogP contribution < -0.4 is 0 Å². The first-order valence-electron chi connectivity index (χ1n) is 6.16. The van der Waals surface area contributed by atoms with Gasteiger partial charge in [0.1, 0.15) is 0 Å². The number of hydrogen-bond acceptors (Lipinski definition) is 2. The third kappa shape index (κ3) is 4.10. The Balaban J connectivity index is 1.87. The van der Waals surface area contributed by atoms with E-state index in [9.17, 15) is 8.78 Å². The summed E-state index contributed by atoms with van der Waals surface area (Å²) in [5, 5.41) is 0. The van der Waals surface area contributed by atoms with Crippen molar-refractivity contribution in [2.45, 2.75) is 13.0 Å². The highest BCUT2D eigenvalue weighted by Crippen LogP contribution is 2.10. The maximum absolute atomic E-state index is 13.1. The highest BCUT2D eigenvalue weighted by atomic mass is 19.2. The van der Waals surface area contributed by atoms with Crippen LogP contribution in [0, 0.1) is 11.6 Å². The SMILES string of the molecule is CN(CCc1ccncc1)Cc1ccc(F)c(F)c1. The second-order valence-corrected chi connectivity index (χ2v) is 4.59. The summed E-state index contributed by atoms with van der Waals surface area (Å²) in [5.41, 5.74) is 1.99. The molecule has 19 heavy (non-hydrogen) atoms. The fourth-order valence-corrected chi connectivity index (χ4v) is 1.90. The van der Waals surface area contributed by atoms with Gasteiger partial charge in [0.05, 0.1) is 0 Å². The van der Waals surface area contributed by atoms with E-state index in [2.05, 4.69) is 9.88 Å². The smallest absolute Gasteiger partial charge is 0.159 e. The van der Waals surface area contributed by atoms with Crippen LogP contribution in [0.5, 0.6) is 0 Å². The Labute approximate surface area is 111 Å². The second kappa shape index (κ2) is 6.38. The molecule has 0 saturated carbocycles. The Kier molecular flexibility index (Phi) is 4.58. The molecule has 1 heterocycles. The average Bonchev–Trinajstić information content (AvgIpc) is 2.42. The molecule has 4 heteroatoms. The zero-order chi connectivity index (χ0) is 13.7. The summed E-state index contributed by atoms with van der Waals surface area (Å²) >= 11 is 0. The maximum Gasteiger partial charge on any atom is 0.159 e. The molecule has 0 bridgehead atoms. The summed E-state index contributed by atoms with van der Waals surface area (Å²) in [5.74, 6) is -1.59. The van der Waals surface area contributed by atoms with Crippen LogP contribution in [-0.2, 0) is 13.0 Å². The lowest BCUT2D eigenvalue weighted by Gasteiger charge is -2.16. The van der Waals surface area contributed by atoms with E-state index >= 15 is 0 Å². The Morgan fingerprint density at radius 2 is 1.74 bits per heavy atom. The van der Waals surface area contributed by atoms with Crippen molar-refractivity contribution < 1.29 is 8.78 Å². The van der Waals surface area contributed by atoms with Gasteiger partial charge < -0.3 is 4.90 Å². The second-order valence-electron chi connectivity index (χ2n) is 4.59. The molecule has 0 aliphatic rings. The zero-order valence-electron chi connectivity index (χ0n) is 10.8. The van der Waals surface area contributed by atoms with E-state index in [1.807, 2.05) is 19.2 Å². The van der Waals surface area contributed by atoms with Gasteiger partial charge in [0, 0.05) is 25.5 Å². The van der Waals surface area contributed by atoms with Gasteiger partial charge in [-0.3, -0.25) is 4.98 Å². The monoisotopic (exact) mass is 262 g/mol. The number of halogens is 2. The molecule has 0 amide bonds. The van der Waals surface area contributed by atoms with Crippen LogP contribution in [0.15, 0.2) is 42.7 Å². The van der Waals surface area contributed by atoms with Crippen LogP contribution in [0.1, 0.15) is 11.1 Å². The largest absolute Gasteiger partial charge is 0.302 e. The molecular weight excluding hydrogens is 246 g/mol. The quantitative estimate of drug-likeness (QED) is 0.823. The summed E-state index contributed by atoms with van der Waals surface area (Å²) < 4.78 is 25.9. The van der Waals surface area contributed by atoms with Crippen molar-refractivity contribution in [1.82, 2.24) is 9.88 Å². The first kappa shape index (κ1) is 13.6. The van der Waals surface area contributed by atoms with Crippen molar-refractivity contribution in [3.05, 3.63) is 65.5 Å². The minimum Gasteiger partial charge on any atom is -0.302 e. The van der Waals surface area contributed by atoms with Crippen LogP contribution >= 0.6 is 0 Å². The van der Waals surface area contributed by atoms with Crippen molar-refractivity contribution in [3.63, 3.8) is 0 Å². The van der Waals surface area contributed by atoms with Crippen molar-refractivity contribution in [1.29, 1.82) is 0 Å². The van der Waals surface area contributed by atoms with Crippen LogP contribution in [0.4, 0.5) is 8.78 Å². The lowest BCUT2D eigenvalue weighted by atomic mass is 10.1. The molecule has 100 valence electrons. The summed E-state index contributed by atoms with van der Waals surface area (Å²) in [4.78, 5) is 6.04. The van der Waals surface area contributed by atoms with Crippen molar-refractivity contribution in [3.8, 4) is 0 Å². The molecule has 1 aromatic heterocycles. The summed E-state index contributed by atoms with van der Waals surface area (Å²) in [6.45, 7) is 1.45. The van der Waals surface area contributed by atoms with Gasteiger partial charge in [-0.1, -0.05) is 6.07 Å². The number of likely N-dealkylation sites (N-methyl/N-ethyl adjacent to an activating group) is 1. The van der Waals surface area contributed by atoms with Gasteiger partial charge in [-0.05, 0) is 48.9 Å². The van der Waals surface area contributed by atoms with Gasteiger partial charge in [0.15, 0.2) is 11.6 Å². The number of rotatable bonds is 5. The lowest BCUT2D eigenvalue weighted by Crippen LogP contribution is -2.20. The number of aromatic nitrogens is 1. The van der Waals surface area contributed by atoms with Crippen LogP contribution in [0.2, 0.25) is 0 Å². The van der Waals surface area contributed by atoms with Crippen LogP contribution in [-0.4, -0.2) is 23.5 Å². The third-order valence-electron chi connectivity index (χ3n) is 2.97. The molecule has 0 spiro atoms. The molecule has 0 radical (unpaired) electrons. The van der Waals surface area contributed by atoms with E-state index < -0.39 is 11.6 Å². The highest BCUT2D eigenvalue weighted by Gasteiger charge is 2.05. The summed E-state index contributed by atoms with van der Waals surface area (Å²) in [6.07, 6.45) is 4.44. The Morgan fingerprint density at radius 1 is 1.00 bits per heavy atom. The molecule has 1 aromatic carbocycles. The van der Waals surface area contributed by atoms with Crippen LogP contribution in [0.3, 0.4) is 0 Å². The molecule has 2 nitrogen and oxygen atoms in total. The summed E-state index contributed by atoms with van der Waals surface area (Å²) in [7, 11) is 1.96. The van der Waals surface area contributed by atoms with E-state index in [1.54, 1.807) is 18.5 Å². The van der Waals surface area contributed by atoms with Gasteiger partial charge in [-0.25, -0.2) is 8.78 Å². The first-order valence-corrected chi connectivity index (χ1v) is 6.16. The van der Waals surface area contributed by atoms with Gasteiger partial charge in [0.25, 0.3) is 0 Å². The first-order chi connectivity index (χ1) is 9.15. The predicted octanol–water partition coefficient (Wildman–Crippen LogP) is 3.03. The topological polar surface area (TPSA) is 16.1 Å². The Hall–Kier alpha value is -1.81. The maximum atomic E-state index is 13.1. The zero-order valence-corrected chi connectivity index (χ0v) is 10.8. The van der Waals surface area contributed by atoms with Crippen molar-refractivity contribution >= 4 is 0 Å². The van der Waals surface area contributed by atoms with E-state index in [0.717, 1.165) is 18.5 Å². The minimum absolute atomic E-state index is 0.599. The average molecular weight is 262 g/mol. The fraction of sp³-hybridized carbons (Fsp3) is 0.267. The molecule has 0 saturated heterocycles. The molecule has 0 aliphatic heterocycles. The molecule has 0 unspecified atom stereocenters. The number of benzene rings is 1. The van der Waals surface area contributed by atoms with Crippen molar-refractivity contribution in [2.75, 3.05) is 13.6 Å². The van der Waals surface area contributed by atoms with E-state index in [0.29, 0.717) is 6.54 Å². The van der Waals surface area contributed by atoms with E-state index in [4.69, 9.17) is 0 Å². The Bertz CT molecular complexity index is 529. The third-order valence-corrected chi connectivity index (χ3v) is 2.97. The molecular formula is C15H16F2N2. The van der Waals surface area contributed by atoms with Gasteiger partial charge in [0.2, 0.25) is 0 Å². The highest BCUT2D eigenvalue weighted by molar-refractivity contribution is 5.17. The number of hydrogen-bond donors (Lipinski definition) is 0. The molecule has 2 rings (SSSR count). The molecule has 0 fully saturated rings. The minimum atomic E-state index is -0.803. The standard InChI is InChI=1S/C15H16F2N2/c1-19(9-6-12-4-7-18-8-5-12)11-13-2-3-14(16)15(17)10-13/h2-5,7-8,10H,6,9,11H2,1H3. The summed E-state index contributed by atoms with van der Waals surface area (Å²) in [6, 6.07) is 7.98. The normalized spacial score (nSPS) is 10.9. The lowest BCUT2D eigenvalue weighted by molar-refractivity contribution is 0.330. The molecule has 0 atom stereocenters. The predicted molar refractivity (Wildman–Crippen MR) is 70.6 cm³/mol. The van der Waals surface area contributed by atoms with E-state index in [1.165, 1.54) is 17.7 Å². The molecule has 0 aliphatic carbocycles. The number of nitrogens with zero attached hydrogens (tertiary/aromatic N) is 2. The van der Waals surface area contributed by atoms with E-state index in [-0.39, 0.29) is 0 Å². The van der Waals surface area contributed by atoms with Crippen LogP contribution in [0.25, 0.3) is 0 Å². The number of pyridine rings is 1. The van der Waals surface area contributed by atoms with Gasteiger partial charge in [-0.2, -0.15) is 0 Å². The Morgan fingerprint density at radius 3 is 2.42 bits per heavy atom.